The van der Waals surface area contributed by atoms with Crippen molar-refractivity contribution >= 4 is 12.6 Å². The molecule has 1 fully saturated rings. The number of fused-ring (bicyclic) bond motifs is 1. The van der Waals surface area contributed by atoms with Gasteiger partial charge in [-0.1, -0.05) is 39.3 Å². The topological polar surface area (TPSA) is 0 Å². The third-order valence-corrected chi connectivity index (χ3v) is 5.61. The zero-order valence-corrected chi connectivity index (χ0v) is 12.1. The van der Waals surface area contributed by atoms with Crippen molar-refractivity contribution in [1.82, 2.24) is 0 Å². The first-order chi connectivity index (χ1) is 7.34. The molecule has 1 saturated carbocycles. The molecule has 2 aliphatic rings. The quantitative estimate of drug-likeness (QED) is 0.489. The molecule has 0 bridgehead atoms. The summed E-state index contributed by atoms with van der Waals surface area (Å²) < 4.78 is 0.186. The molecule has 0 aromatic rings. The van der Waals surface area contributed by atoms with Gasteiger partial charge in [-0.15, -0.1) is 0 Å². The van der Waals surface area contributed by atoms with E-state index < -0.39 is 0 Å². The summed E-state index contributed by atoms with van der Waals surface area (Å²) in [6, 6.07) is 0. The van der Waals surface area contributed by atoms with Crippen molar-refractivity contribution in [3.8, 4) is 0 Å². The van der Waals surface area contributed by atoms with Gasteiger partial charge < -0.3 is 0 Å². The van der Waals surface area contributed by atoms with Gasteiger partial charge in [0.05, 0.1) is 0 Å². The molecule has 0 N–H and O–H groups in total. The third kappa shape index (κ3) is 2.08. The fourth-order valence-corrected chi connectivity index (χ4v) is 3.86. The van der Waals surface area contributed by atoms with Crippen LogP contribution in [0.5, 0.6) is 0 Å². The van der Waals surface area contributed by atoms with Crippen molar-refractivity contribution in [1.29, 1.82) is 0 Å². The average Bonchev–Trinajstić information content (AvgIpc) is 2.17. The van der Waals surface area contributed by atoms with E-state index in [0.29, 0.717) is 5.41 Å². The second-order valence-corrected chi connectivity index (χ2v) is 7.87. The zero-order chi connectivity index (χ0) is 12.0. The molecular formula is C15H26S. The van der Waals surface area contributed by atoms with Crippen LogP contribution in [0.25, 0.3) is 0 Å². The number of rotatable bonds is 1. The highest BCUT2D eigenvalue weighted by atomic mass is 32.1. The van der Waals surface area contributed by atoms with Gasteiger partial charge in [0.2, 0.25) is 0 Å². The smallest absolute Gasteiger partial charge is 0.0102 e. The van der Waals surface area contributed by atoms with Crippen LogP contribution in [0.2, 0.25) is 0 Å². The molecule has 0 unspecified atom stereocenters. The molecule has 92 valence electrons. The van der Waals surface area contributed by atoms with Crippen molar-refractivity contribution in [2.24, 2.45) is 17.3 Å². The summed E-state index contributed by atoms with van der Waals surface area (Å²) in [5.41, 5.74) is 2.22. The Balaban J connectivity index is 2.23. The Morgan fingerprint density at radius 3 is 2.69 bits per heavy atom. The van der Waals surface area contributed by atoms with Crippen molar-refractivity contribution in [2.45, 2.75) is 64.5 Å². The van der Waals surface area contributed by atoms with Gasteiger partial charge in [-0.2, -0.15) is 12.6 Å². The third-order valence-electron chi connectivity index (χ3n) is 5.24. The Hall–Kier alpha value is 0.0900. The van der Waals surface area contributed by atoms with Gasteiger partial charge in [-0.3, -0.25) is 0 Å². The lowest BCUT2D eigenvalue weighted by atomic mass is 9.57. The fourth-order valence-electron chi connectivity index (χ4n) is 3.64. The highest BCUT2D eigenvalue weighted by Gasteiger charge is 2.44. The van der Waals surface area contributed by atoms with Crippen LogP contribution in [-0.2, 0) is 0 Å². The maximum atomic E-state index is 4.80. The van der Waals surface area contributed by atoms with E-state index in [1.54, 1.807) is 5.57 Å². The van der Waals surface area contributed by atoms with E-state index in [9.17, 15) is 0 Å². The molecule has 0 radical (unpaired) electrons. The molecular weight excluding hydrogens is 212 g/mol. The lowest BCUT2D eigenvalue weighted by molar-refractivity contribution is 0.125. The normalized spacial score (nSPS) is 40.2. The van der Waals surface area contributed by atoms with Crippen LogP contribution in [0, 0.1) is 17.3 Å². The van der Waals surface area contributed by atoms with Gasteiger partial charge in [-0.25, -0.2) is 0 Å². The first-order valence-electron chi connectivity index (χ1n) is 6.76. The summed E-state index contributed by atoms with van der Waals surface area (Å²) in [6.45, 7) is 9.51. The second kappa shape index (κ2) is 4.08. The van der Waals surface area contributed by atoms with Crippen molar-refractivity contribution in [2.75, 3.05) is 0 Å². The van der Waals surface area contributed by atoms with Gasteiger partial charge >= 0.3 is 0 Å². The molecule has 0 aliphatic heterocycles. The van der Waals surface area contributed by atoms with Crippen LogP contribution in [-0.4, -0.2) is 4.75 Å². The van der Waals surface area contributed by atoms with E-state index >= 15 is 0 Å². The largest absolute Gasteiger partial charge is 0.173 e. The lowest BCUT2D eigenvalue weighted by Gasteiger charge is -2.50. The molecule has 0 heterocycles. The van der Waals surface area contributed by atoms with Gasteiger partial charge in [0, 0.05) is 4.75 Å². The summed E-state index contributed by atoms with van der Waals surface area (Å²) in [6.07, 6.45) is 9.21. The molecule has 1 heteroatoms. The standard InChI is InChI=1S/C15H26S/c1-11-6-5-7-12-8-9-13(14(2,3)16)10-15(11,12)4/h7,11,13,16H,5-6,8-10H2,1-4H3/t11-,13-,15+/m1/s1. The highest BCUT2D eigenvalue weighted by molar-refractivity contribution is 7.81. The maximum Gasteiger partial charge on any atom is 0.0102 e. The van der Waals surface area contributed by atoms with Crippen molar-refractivity contribution in [3.63, 3.8) is 0 Å². The molecule has 0 saturated heterocycles. The second-order valence-electron chi connectivity index (χ2n) is 6.72. The monoisotopic (exact) mass is 238 g/mol. The summed E-state index contributed by atoms with van der Waals surface area (Å²) in [4.78, 5) is 0. The van der Waals surface area contributed by atoms with Crippen LogP contribution in [0.3, 0.4) is 0 Å². The Kier molecular flexibility index (Phi) is 3.20. The van der Waals surface area contributed by atoms with Gasteiger partial charge in [0.15, 0.2) is 0 Å². The molecule has 0 aromatic carbocycles. The number of hydrogen-bond donors (Lipinski definition) is 1. The minimum absolute atomic E-state index is 0.186. The Morgan fingerprint density at radius 1 is 1.38 bits per heavy atom. The van der Waals surface area contributed by atoms with Crippen LogP contribution < -0.4 is 0 Å². The molecule has 16 heavy (non-hydrogen) atoms. The van der Waals surface area contributed by atoms with Gasteiger partial charge in [-0.05, 0) is 49.4 Å². The molecule has 0 amide bonds. The molecule has 3 atom stereocenters. The maximum absolute atomic E-state index is 4.80. The average molecular weight is 238 g/mol. The van der Waals surface area contributed by atoms with Gasteiger partial charge in [0.1, 0.15) is 0 Å². The number of thiol groups is 1. The SMILES string of the molecule is C[C@@H]1CCC=C2CC[C@@H](C(C)(C)S)C[C@]21C. The van der Waals surface area contributed by atoms with Crippen molar-refractivity contribution in [3.05, 3.63) is 11.6 Å². The Labute approximate surface area is 106 Å². The van der Waals surface area contributed by atoms with Crippen LogP contribution in [0.4, 0.5) is 0 Å². The van der Waals surface area contributed by atoms with E-state index in [0.717, 1.165) is 11.8 Å². The first-order valence-corrected chi connectivity index (χ1v) is 7.20. The summed E-state index contributed by atoms with van der Waals surface area (Å²) in [7, 11) is 0. The van der Waals surface area contributed by atoms with E-state index in [4.69, 9.17) is 12.6 Å². The Bertz CT molecular complexity index is 297. The predicted octanol–water partition coefficient (Wildman–Crippen LogP) is 4.86. The lowest BCUT2D eigenvalue weighted by Crippen LogP contribution is -2.41. The summed E-state index contributed by atoms with van der Waals surface area (Å²) in [5, 5.41) is 0. The highest BCUT2D eigenvalue weighted by Crippen LogP contribution is 2.54. The van der Waals surface area contributed by atoms with Crippen LogP contribution >= 0.6 is 12.6 Å². The first kappa shape index (κ1) is 12.5. The molecule has 0 nitrogen and oxygen atoms in total. The van der Waals surface area contributed by atoms with E-state index in [1.807, 2.05) is 0 Å². The minimum atomic E-state index is 0.186. The predicted molar refractivity (Wildman–Crippen MR) is 75.0 cm³/mol. The molecule has 2 rings (SSSR count). The van der Waals surface area contributed by atoms with Crippen LogP contribution in [0.15, 0.2) is 11.6 Å². The fraction of sp³-hybridized carbons (Fsp3) is 0.867. The van der Waals surface area contributed by atoms with E-state index in [2.05, 4.69) is 33.8 Å². The molecule has 0 aromatic heterocycles. The number of hydrogen-bond acceptors (Lipinski definition) is 1. The molecule has 0 spiro atoms. The summed E-state index contributed by atoms with van der Waals surface area (Å²) in [5.74, 6) is 1.63. The number of allylic oxidation sites excluding steroid dienone is 2. The van der Waals surface area contributed by atoms with E-state index in [-0.39, 0.29) is 4.75 Å². The van der Waals surface area contributed by atoms with Crippen molar-refractivity contribution < 1.29 is 0 Å². The van der Waals surface area contributed by atoms with E-state index in [1.165, 1.54) is 32.1 Å². The Morgan fingerprint density at radius 2 is 2.06 bits per heavy atom. The minimum Gasteiger partial charge on any atom is -0.173 e. The zero-order valence-electron chi connectivity index (χ0n) is 11.2. The van der Waals surface area contributed by atoms with Crippen LogP contribution in [0.1, 0.15) is 59.8 Å². The summed E-state index contributed by atoms with van der Waals surface area (Å²) >= 11 is 4.80. The van der Waals surface area contributed by atoms with Gasteiger partial charge in [0.25, 0.3) is 0 Å². The molecule has 2 aliphatic carbocycles.